The minimum Gasteiger partial charge on any atom is -0.497 e. The number of carbonyl (C=O) groups is 2. The number of halogens is 1. The number of ether oxygens (including phenoxy) is 2. The summed E-state index contributed by atoms with van der Waals surface area (Å²) in [5.41, 5.74) is 3.90. The molecule has 0 saturated heterocycles. The van der Waals surface area contributed by atoms with Crippen molar-refractivity contribution in [3.05, 3.63) is 88.0 Å². The molecular formula is C26H26FNO4. The molecule has 0 saturated carbocycles. The zero-order chi connectivity index (χ0) is 22.8. The summed E-state index contributed by atoms with van der Waals surface area (Å²) >= 11 is 0. The lowest BCUT2D eigenvalue weighted by atomic mass is 9.71. The first-order valence-electron chi connectivity index (χ1n) is 10.7. The van der Waals surface area contributed by atoms with Crippen molar-refractivity contribution >= 4 is 11.8 Å². The van der Waals surface area contributed by atoms with Crippen LogP contribution in [0.3, 0.4) is 0 Å². The molecular weight excluding hydrogens is 409 g/mol. The summed E-state index contributed by atoms with van der Waals surface area (Å²) in [6.45, 7) is 3.74. The summed E-state index contributed by atoms with van der Waals surface area (Å²) in [6, 6.07) is 13.8. The summed E-state index contributed by atoms with van der Waals surface area (Å²) in [6.07, 6.45) is 0.931. The summed E-state index contributed by atoms with van der Waals surface area (Å²) < 4.78 is 24.6. The second-order valence-corrected chi connectivity index (χ2v) is 8.07. The maximum absolute atomic E-state index is 14.1. The normalized spacial score (nSPS) is 20.6. The van der Waals surface area contributed by atoms with Crippen LogP contribution in [-0.4, -0.2) is 25.5 Å². The first-order valence-corrected chi connectivity index (χ1v) is 10.7. The van der Waals surface area contributed by atoms with Crippen LogP contribution in [0.25, 0.3) is 0 Å². The molecule has 1 aliphatic carbocycles. The molecule has 0 unspecified atom stereocenters. The van der Waals surface area contributed by atoms with Gasteiger partial charge in [0, 0.05) is 29.3 Å². The fourth-order valence-electron chi connectivity index (χ4n) is 4.65. The Bertz CT molecular complexity index is 1120. The Labute approximate surface area is 186 Å². The fourth-order valence-corrected chi connectivity index (χ4v) is 4.65. The highest BCUT2D eigenvalue weighted by Crippen LogP contribution is 2.45. The molecule has 1 aliphatic heterocycles. The second kappa shape index (κ2) is 8.99. The Hall–Kier alpha value is -3.41. The minimum absolute atomic E-state index is 0.00441. The van der Waals surface area contributed by atoms with Crippen LogP contribution in [0.1, 0.15) is 49.7 Å². The van der Waals surface area contributed by atoms with E-state index in [0.29, 0.717) is 35.2 Å². The van der Waals surface area contributed by atoms with Crippen molar-refractivity contribution in [2.45, 2.75) is 38.5 Å². The van der Waals surface area contributed by atoms with Crippen molar-refractivity contribution in [1.29, 1.82) is 0 Å². The van der Waals surface area contributed by atoms with Gasteiger partial charge in [0.05, 0.1) is 19.3 Å². The Morgan fingerprint density at radius 2 is 1.88 bits per heavy atom. The summed E-state index contributed by atoms with van der Waals surface area (Å²) in [5.74, 6) is -0.861. The molecule has 0 aromatic heterocycles. The summed E-state index contributed by atoms with van der Waals surface area (Å²) in [7, 11) is 1.62. The number of rotatable bonds is 5. The van der Waals surface area contributed by atoms with Crippen LogP contribution in [0.15, 0.2) is 71.1 Å². The Kier molecular flexibility index (Phi) is 6.12. The molecule has 6 heteroatoms. The lowest BCUT2D eigenvalue weighted by Gasteiger charge is -2.36. The molecule has 32 heavy (non-hydrogen) atoms. The number of hydrogen-bond donors (Lipinski definition) is 1. The van der Waals surface area contributed by atoms with Gasteiger partial charge in [-0.1, -0.05) is 24.3 Å². The summed E-state index contributed by atoms with van der Waals surface area (Å²) in [4.78, 5) is 26.3. The van der Waals surface area contributed by atoms with Gasteiger partial charge in [0.2, 0.25) is 0 Å². The molecule has 166 valence electrons. The van der Waals surface area contributed by atoms with Crippen molar-refractivity contribution in [3.63, 3.8) is 0 Å². The number of methoxy groups -OCH3 is 1. The highest BCUT2D eigenvalue weighted by Gasteiger charge is 2.41. The van der Waals surface area contributed by atoms with Crippen molar-refractivity contribution in [3.8, 4) is 5.75 Å². The predicted molar refractivity (Wildman–Crippen MR) is 119 cm³/mol. The Morgan fingerprint density at radius 3 is 2.53 bits per heavy atom. The third-order valence-electron chi connectivity index (χ3n) is 6.09. The van der Waals surface area contributed by atoms with Crippen LogP contribution in [0.4, 0.5) is 4.39 Å². The van der Waals surface area contributed by atoms with Crippen molar-refractivity contribution in [1.82, 2.24) is 5.32 Å². The molecule has 4 rings (SSSR count). The number of ketones is 1. The van der Waals surface area contributed by atoms with Gasteiger partial charge in [0.15, 0.2) is 5.78 Å². The molecule has 1 heterocycles. The fraction of sp³-hybridized carbons (Fsp3) is 0.308. The average molecular weight is 435 g/mol. The highest BCUT2D eigenvalue weighted by molar-refractivity contribution is 6.04. The van der Waals surface area contributed by atoms with E-state index >= 15 is 0 Å². The van der Waals surface area contributed by atoms with Crippen LogP contribution >= 0.6 is 0 Å². The molecule has 0 radical (unpaired) electrons. The van der Waals surface area contributed by atoms with E-state index in [1.807, 2.05) is 24.3 Å². The Balaban J connectivity index is 1.77. The molecule has 5 nitrogen and oxygen atoms in total. The number of benzene rings is 2. The van der Waals surface area contributed by atoms with Gasteiger partial charge in [0.25, 0.3) is 0 Å². The van der Waals surface area contributed by atoms with Crippen molar-refractivity contribution in [2.24, 2.45) is 0 Å². The highest BCUT2D eigenvalue weighted by atomic mass is 19.1. The molecule has 0 fully saturated rings. The largest absolute Gasteiger partial charge is 0.497 e. The third-order valence-corrected chi connectivity index (χ3v) is 6.09. The zero-order valence-electron chi connectivity index (χ0n) is 18.4. The van der Waals surface area contributed by atoms with Gasteiger partial charge in [-0.2, -0.15) is 0 Å². The van der Waals surface area contributed by atoms with Gasteiger partial charge >= 0.3 is 5.97 Å². The summed E-state index contributed by atoms with van der Waals surface area (Å²) in [5, 5.41) is 3.29. The van der Waals surface area contributed by atoms with E-state index in [1.54, 1.807) is 33.1 Å². The third kappa shape index (κ3) is 4.05. The van der Waals surface area contributed by atoms with Gasteiger partial charge in [-0.05, 0) is 61.6 Å². The molecule has 0 spiro atoms. The minimum atomic E-state index is -0.662. The maximum Gasteiger partial charge on any atom is 0.336 e. The van der Waals surface area contributed by atoms with Crippen molar-refractivity contribution in [2.75, 3.05) is 13.7 Å². The van der Waals surface area contributed by atoms with Gasteiger partial charge in [-0.25, -0.2) is 9.18 Å². The molecule has 0 bridgehead atoms. The number of hydrogen-bond acceptors (Lipinski definition) is 5. The maximum atomic E-state index is 14.1. The first-order chi connectivity index (χ1) is 15.4. The monoisotopic (exact) mass is 435 g/mol. The van der Waals surface area contributed by atoms with Gasteiger partial charge in [-0.3, -0.25) is 4.79 Å². The lowest BCUT2D eigenvalue weighted by Crippen LogP contribution is -2.36. The van der Waals surface area contributed by atoms with Crippen LogP contribution in [-0.2, 0) is 14.3 Å². The van der Waals surface area contributed by atoms with E-state index in [0.717, 1.165) is 17.0 Å². The van der Waals surface area contributed by atoms with Crippen LogP contribution in [0, 0.1) is 5.82 Å². The zero-order valence-corrected chi connectivity index (χ0v) is 18.4. The van der Waals surface area contributed by atoms with E-state index in [4.69, 9.17) is 9.47 Å². The van der Waals surface area contributed by atoms with Gasteiger partial charge < -0.3 is 14.8 Å². The predicted octanol–water partition coefficient (Wildman–Crippen LogP) is 4.76. The van der Waals surface area contributed by atoms with Gasteiger partial charge in [0.1, 0.15) is 11.6 Å². The standard InChI is InChI=1S/C26H26FNO4/c1-4-32-26(30)23-15(2)28-21-13-18(16-8-10-20(31-3)11-9-16)14-22(29)25(21)24(23)17-6-5-7-19(27)12-17/h5-12,18,24,28H,4,13-14H2,1-3H3/t18-,24-/m0/s1. The molecule has 1 N–H and O–H groups in total. The molecule has 0 amide bonds. The van der Waals surface area contributed by atoms with E-state index < -0.39 is 17.7 Å². The van der Waals surface area contributed by atoms with E-state index in [-0.39, 0.29) is 18.3 Å². The van der Waals surface area contributed by atoms with Crippen LogP contribution < -0.4 is 10.1 Å². The second-order valence-electron chi connectivity index (χ2n) is 8.07. The number of nitrogens with one attached hydrogen (secondary N) is 1. The Morgan fingerprint density at radius 1 is 1.12 bits per heavy atom. The number of esters is 1. The lowest BCUT2D eigenvalue weighted by molar-refractivity contribution is -0.138. The number of Topliss-reactive ketones (excluding diaryl/α,β-unsaturated/α-hetero) is 1. The first kappa shape index (κ1) is 21.8. The van der Waals surface area contributed by atoms with E-state index in [2.05, 4.69) is 5.32 Å². The van der Waals surface area contributed by atoms with Gasteiger partial charge in [-0.15, -0.1) is 0 Å². The molecule has 2 aromatic rings. The average Bonchev–Trinajstić information content (AvgIpc) is 2.78. The van der Waals surface area contributed by atoms with Crippen molar-refractivity contribution < 1.29 is 23.5 Å². The van der Waals surface area contributed by atoms with Crippen LogP contribution in [0.2, 0.25) is 0 Å². The van der Waals surface area contributed by atoms with Crippen LogP contribution in [0.5, 0.6) is 5.75 Å². The number of allylic oxidation sites excluding steroid dienone is 3. The molecule has 2 atom stereocenters. The smallest absolute Gasteiger partial charge is 0.336 e. The SMILES string of the molecule is CCOC(=O)C1=C(C)NC2=C(C(=O)C[C@@H](c3ccc(OC)cc3)C2)[C@H]1c1cccc(F)c1. The van der Waals surface area contributed by atoms with E-state index in [1.165, 1.54) is 12.1 Å². The molecule has 2 aliphatic rings. The topological polar surface area (TPSA) is 64.6 Å². The number of dihydropyridines is 1. The quantitative estimate of drug-likeness (QED) is 0.686. The van der Waals surface area contributed by atoms with E-state index in [9.17, 15) is 14.0 Å². The molecule has 2 aromatic carbocycles. The number of carbonyl (C=O) groups excluding carboxylic acids is 2.